The van der Waals surface area contributed by atoms with Crippen LogP contribution in [0.2, 0.25) is 0 Å². The summed E-state index contributed by atoms with van der Waals surface area (Å²) >= 11 is 2.95. The number of thioether (sulfide) groups is 1. The number of hydrogen-bond acceptors (Lipinski definition) is 5. The zero-order valence-electron chi connectivity index (χ0n) is 12.0. The van der Waals surface area contributed by atoms with Crippen molar-refractivity contribution in [3.05, 3.63) is 22.2 Å². The van der Waals surface area contributed by atoms with Crippen LogP contribution in [-0.4, -0.2) is 28.9 Å². The van der Waals surface area contributed by atoms with Crippen molar-refractivity contribution in [1.82, 2.24) is 10.3 Å². The van der Waals surface area contributed by atoms with Crippen LogP contribution in [0, 0.1) is 26.2 Å². The molecule has 21 heavy (non-hydrogen) atoms. The van der Waals surface area contributed by atoms with Gasteiger partial charge in [-0.2, -0.15) is 0 Å². The molecule has 0 spiro atoms. The predicted molar refractivity (Wildman–Crippen MR) is 92.0 cm³/mol. The van der Waals surface area contributed by atoms with E-state index in [0.717, 1.165) is 27.2 Å². The molecule has 1 amide bonds. The van der Waals surface area contributed by atoms with Crippen LogP contribution in [-0.2, 0) is 0 Å². The topological polar surface area (TPSA) is 68.0 Å². The van der Waals surface area contributed by atoms with E-state index >= 15 is 0 Å². The first-order valence-electron chi connectivity index (χ1n) is 6.50. The van der Waals surface area contributed by atoms with Crippen LogP contribution in [0.5, 0.6) is 0 Å². The molecule has 0 saturated heterocycles. The third kappa shape index (κ3) is 3.49. The maximum atomic E-state index is 12.2. The third-order valence-electron chi connectivity index (χ3n) is 2.95. The van der Waals surface area contributed by atoms with Gasteiger partial charge in [-0.15, -0.1) is 29.5 Å². The lowest BCUT2D eigenvalue weighted by molar-refractivity contribution is 0.0961. The molecule has 0 radical (unpaired) electrons. The number of hydrogen-bond donors (Lipinski definition) is 2. The number of fused-ring (bicyclic) bond motifs is 1. The average Bonchev–Trinajstić information content (AvgIpc) is 2.75. The fraction of sp³-hybridized carbons (Fsp3) is 0.333. The number of nitrogens with one attached hydrogen (secondary N) is 1. The molecular weight excluding hydrogens is 302 g/mol. The number of nitrogens with two attached hydrogens (primary N) is 1. The molecule has 0 aromatic carbocycles. The molecule has 0 fully saturated rings. The molecule has 2 heterocycles. The molecule has 0 bridgehead atoms. The highest BCUT2D eigenvalue weighted by Crippen LogP contribution is 2.34. The number of carbonyl (C=O) groups is 1. The minimum Gasteiger partial charge on any atom is -0.397 e. The summed E-state index contributed by atoms with van der Waals surface area (Å²) in [7, 11) is 0. The second kappa shape index (κ2) is 6.83. The van der Waals surface area contributed by atoms with Crippen molar-refractivity contribution in [3.63, 3.8) is 0 Å². The highest BCUT2D eigenvalue weighted by atomic mass is 32.2. The highest BCUT2D eigenvalue weighted by molar-refractivity contribution is 7.99. The smallest absolute Gasteiger partial charge is 0.263 e. The van der Waals surface area contributed by atoms with E-state index in [1.165, 1.54) is 11.3 Å². The molecule has 0 aliphatic carbocycles. The highest BCUT2D eigenvalue weighted by Gasteiger charge is 2.18. The molecule has 6 heteroatoms. The van der Waals surface area contributed by atoms with Crippen LogP contribution in [0.15, 0.2) is 6.07 Å². The zero-order chi connectivity index (χ0) is 15.4. The summed E-state index contributed by atoms with van der Waals surface area (Å²) in [6.07, 6.45) is 5.17. The lowest BCUT2D eigenvalue weighted by Gasteiger charge is -2.03. The maximum absolute atomic E-state index is 12.2. The SMILES string of the molecule is C#CCSCCNC(=O)c1sc2nc(C)cc(C)c2c1N. The number of aryl methyl sites for hydroxylation is 2. The molecule has 2 rings (SSSR count). The lowest BCUT2D eigenvalue weighted by atomic mass is 10.1. The number of thiophene rings is 1. The molecule has 2 aromatic heterocycles. The Morgan fingerprint density at radius 3 is 3.05 bits per heavy atom. The van der Waals surface area contributed by atoms with Crippen molar-refractivity contribution in [3.8, 4) is 12.3 Å². The lowest BCUT2D eigenvalue weighted by Crippen LogP contribution is -2.25. The summed E-state index contributed by atoms with van der Waals surface area (Å²) < 4.78 is 0. The molecule has 0 saturated carbocycles. The van der Waals surface area contributed by atoms with Gasteiger partial charge in [-0.05, 0) is 25.5 Å². The minimum absolute atomic E-state index is 0.145. The normalized spacial score (nSPS) is 10.5. The average molecular weight is 319 g/mol. The maximum Gasteiger partial charge on any atom is 0.263 e. The van der Waals surface area contributed by atoms with Crippen LogP contribution in [0.1, 0.15) is 20.9 Å². The van der Waals surface area contributed by atoms with Gasteiger partial charge in [0.1, 0.15) is 9.71 Å². The van der Waals surface area contributed by atoms with Gasteiger partial charge in [-0.3, -0.25) is 4.79 Å². The summed E-state index contributed by atoms with van der Waals surface area (Å²) in [4.78, 5) is 18.0. The Labute approximate surface area is 132 Å². The van der Waals surface area contributed by atoms with Crippen LogP contribution in [0.4, 0.5) is 5.69 Å². The van der Waals surface area contributed by atoms with Crippen LogP contribution >= 0.6 is 23.1 Å². The summed E-state index contributed by atoms with van der Waals surface area (Å²) in [5.41, 5.74) is 8.62. The third-order valence-corrected chi connectivity index (χ3v) is 4.91. The van der Waals surface area contributed by atoms with Gasteiger partial charge in [-0.1, -0.05) is 5.92 Å². The van der Waals surface area contributed by atoms with Gasteiger partial charge in [0.2, 0.25) is 0 Å². The Morgan fingerprint density at radius 2 is 2.33 bits per heavy atom. The number of nitrogen functional groups attached to an aromatic ring is 1. The molecule has 4 nitrogen and oxygen atoms in total. The van der Waals surface area contributed by atoms with Crippen molar-refractivity contribution in [2.24, 2.45) is 0 Å². The van der Waals surface area contributed by atoms with Gasteiger partial charge < -0.3 is 11.1 Å². The standard InChI is InChI=1S/C15H17N3OS2/c1-4-6-20-7-5-17-14(19)13-12(16)11-9(2)8-10(3)18-15(11)21-13/h1,8H,5-7,16H2,2-3H3,(H,17,19). The van der Waals surface area contributed by atoms with Crippen molar-refractivity contribution in [2.45, 2.75) is 13.8 Å². The van der Waals surface area contributed by atoms with Gasteiger partial charge in [0.15, 0.2) is 0 Å². The first kappa shape index (κ1) is 15.7. The Balaban J connectivity index is 2.15. The second-order valence-electron chi connectivity index (χ2n) is 4.62. The van der Waals surface area contributed by atoms with E-state index in [-0.39, 0.29) is 5.91 Å². The predicted octanol–water partition coefficient (Wildman–Crippen LogP) is 2.59. The molecule has 0 aliphatic heterocycles. The quantitative estimate of drug-likeness (QED) is 0.656. The first-order valence-corrected chi connectivity index (χ1v) is 8.47. The minimum atomic E-state index is -0.145. The number of rotatable bonds is 5. The summed E-state index contributed by atoms with van der Waals surface area (Å²) in [6.45, 7) is 4.49. The number of amides is 1. The fourth-order valence-electron chi connectivity index (χ4n) is 2.09. The summed E-state index contributed by atoms with van der Waals surface area (Å²) in [6, 6.07) is 1.98. The van der Waals surface area contributed by atoms with E-state index in [2.05, 4.69) is 16.2 Å². The number of pyridine rings is 1. The summed E-state index contributed by atoms with van der Waals surface area (Å²) in [5, 5.41) is 3.75. The number of aromatic nitrogens is 1. The van der Waals surface area contributed by atoms with E-state index in [0.29, 0.717) is 22.9 Å². The summed E-state index contributed by atoms with van der Waals surface area (Å²) in [5.74, 6) is 3.85. The molecule has 3 N–H and O–H groups in total. The number of terminal acetylenes is 1. The van der Waals surface area contributed by atoms with E-state index in [1.807, 2.05) is 19.9 Å². The zero-order valence-corrected chi connectivity index (χ0v) is 13.7. The van der Waals surface area contributed by atoms with Crippen LogP contribution in [0.3, 0.4) is 0 Å². The molecule has 110 valence electrons. The van der Waals surface area contributed by atoms with E-state index < -0.39 is 0 Å². The van der Waals surface area contributed by atoms with Gasteiger partial charge in [-0.25, -0.2) is 4.98 Å². The Morgan fingerprint density at radius 1 is 1.57 bits per heavy atom. The second-order valence-corrected chi connectivity index (χ2v) is 6.72. The van der Waals surface area contributed by atoms with Crippen molar-refractivity contribution in [2.75, 3.05) is 23.8 Å². The molecule has 0 aliphatic rings. The van der Waals surface area contributed by atoms with Gasteiger partial charge in [0.25, 0.3) is 5.91 Å². The molecule has 0 unspecified atom stereocenters. The van der Waals surface area contributed by atoms with Gasteiger partial charge >= 0.3 is 0 Å². The molecule has 2 aromatic rings. The van der Waals surface area contributed by atoms with E-state index in [1.54, 1.807) is 11.8 Å². The van der Waals surface area contributed by atoms with Gasteiger partial charge in [0, 0.05) is 23.4 Å². The fourth-order valence-corrected chi connectivity index (χ4v) is 3.73. The van der Waals surface area contributed by atoms with Crippen LogP contribution in [0.25, 0.3) is 10.2 Å². The largest absolute Gasteiger partial charge is 0.397 e. The van der Waals surface area contributed by atoms with Crippen molar-refractivity contribution in [1.29, 1.82) is 0 Å². The van der Waals surface area contributed by atoms with E-state index in [4.69, 9.17) is 12.2 Å². The number of carbonyl (C=O) groups excluding carboxylic acids is 1. The Bertz CT molecular complexity index is 716. The van der Waals surface area contributed by atoms with Gasteiger partial charge in [0.05, 0.1) is 11.4 Å². The monoisotopic (exact) mass is 319 g/mol. The number of nitrogens with zero attached hydrogens (tertiary/aromatic N) is 1. The van der Waals surface area contributed by atoms with Crippen LogP contribution < -0.4 is 11.1 Å². The molecular formula is C15H17N3OS2. The van der Waals surface area contributed by atoms with E-state index in [9.17, 15) is 4.79 Å². The first-order chi connectivity index (χ1) is 10.0. The Kier molecular flexibility index (Phi) is 5.10. The van der Waals surface area contributed by atoms with Crippen molar-refractivity contribution < 1.29 is 4.79 Å². The van der Waals surface area contributed by atoms with Crippen molar-refractivity contribution >= 4 is 44.9 Å². The molecule has 0 atom stereocenters. The number of anilines is 1. The Hall–Kier alpha value is -1.71.